The molecule has 0 spiro atoms. The summed E-state index contributed by atoms with van der Waals surface area (Å²) in [6.45, 7) is 11.9. The number of nitrogens with one attached hydrogen (secondary N) is 1. The lowest BCUT2D eigenvalue weighted by molar-refractivity contribution is 0.0534. The predicted octanol–water partition coefficient (Wildman–Crippen LogP) is 3.27. The first-order valence-electron chi connectivity index (χ1n) is 6.90. The van der Waals surface area contributed by atoms with Gasteiger partial charge in [-0.05, 0) is 33.6 Å². The molecule has 0 saturated carbocycles. The van der Waals surface area contributed by atoms with Crippen LogP contribution < -0.4 is 5.32 Å². The minimum Gasteiger partial charge on any atom is -0.371 e. The molecule has 4 nitrogen and oxygen atoms in total. The molecule has 0 amide bonds. The van der Waals surface area contributed by atoms with Crippen LogP contribution in [0, 0.1) is 6.92 Å². The Hall–Kier alpha value is -1.16. The fourth-order valence-corrected chi connectivity index (χ4v) is 1.99. The van der Waals surface area contributed by atoms with Crippen molar-refractivity contribution in [3.63, 3.8) is 0 Å². The van der Waals surface area contributed by atoms with Crippen LogP contribution in [0.3, 0.4) is 0 Å². The highest BCUT2D eigenvalue weighted by Crippen LogP contribution is 2.23. The molecule has 0 aliphatic heterocycles. The number of rotatable bonds is 7. The molecule has 0 aliphatic carbocycles. The lowest BCUT2D eigenvalue weighted by Crippen LogP contribution is -2.14. The zero-order valence-corrected chi connectivity index (χ0v) is 12.2. The molecule has 0 aromatic carbocycles. The second-order valence-electron chi connectivity index (χ2n) is 4.24. The van der Waals surface area contributed by atoms with Crippen LogP contribution in [0.15, 0.2) is 0 Å². The Labute approximate surface area is 110 Å². The molecule has 0 aliphatic rings. The van der Waals surface area contributed by atoms with Gasteiger partial charge in [0.2, 0.25) is 0 Å². The zero-order chi connectivity index (χ0) is 13.5. The van der Waals surface area contributed by atoms with Crippen molar-refractivity contribution in [2.24, 2.45) is 0 Å². The van der Waals surface area contributed by atoms with Crippen molar-refractivity contribution in [2.45, 2.75) is 53.6 Å². The quantitative estimate of drug-likeness (QED) is 0.808. The van der Waals surface area contributed by atoms with Gasteiger partial charge in [-0.2, -0.15) is 0 Å². The van der Waals surface area contributed by atoms with Crippen LogP contribution in [0.4, 0.5) is 5.82 Å². The van der Waals surface area contributed by atoms with Crippen molar-refractivity contribution in [3.05, 3.63) is 17.1 Å². The average molecular weight is 251 g/mol. The highest BCUT2D eigenvalue weighted by atomic mass is 16.5. The standard InChI is InChI=1S/C14H25N3O/c1-6-11-10(5)13(15-8-3)17-14(16-11)12(7-2)18-9-4/h12H,6-9H2,1-5H3,(H,15,16,17). The second-order valence-corrected chi connectivity index (χ2v) is 4.24. The Morgan fingerprint density at radius 3 is 2.39 bits per heavy atom. The first kappa shape index (κ1) is 14.9. The van der Waals surface area contributed by atoms with Crippen molar-refractivity contribution in [1.82, 2.24) is 9.97 Å². The van der Waals surface area contributed by atoms with E-state index in [1.54, 1.807) is 0 Å². The maximum atomic E-state index is 5.70. The maximum absolute atomic E-state index is 5.70. The minimum absolute atomic E-state index is 0.00157. The van der Waals surface area contributed by atoms with Gasteiger partial charge in [0, 0.05) is 24.4 Å². The summed E-state index contributed by atoms with van der Waals surface area (Å²) in [5.74, 6) is 1.75. The van der Waals surface area contributed by atoms with Crippen molar-refractivity contribution < 1.29 is 4.74 Å². The van der Waals surface area contributed by atoms with E-state index in [0.717, 1.165) is 42.3 Å². The number of aromatic nitrogens is 2. The van der Waals surface area contributed by atoms with Gasteiger partial charge in [0.15, 0.2) is 5.82 Å². The third kappa shape index (κ3) is 3.42. The van der Waals surface area contributed by atoms with E-state index in [2.05, 4.69) is 43.0 Å². The summed E-state index contributed by atoms with van der Waals surface area (Å²) in [5, 5.41) is 3.31. The summed E-state index contributed by atoms with van der Waals surface area (Å²) < 4.78 is 5.70. The summed E-state index contributed by atoms with van der Waals surface area (Å²) in [4.78, 5) is 9.26. The van der Waals surface area contributed by atoms with Gasteiger partial charge in [0.05, 0.1) is 0 Å². The highest BCUT2D eigenvalue weighted by Gasteiger charge is 2.16. The molecule has 1 rings (SSSR count). The summed E-state index contributed by atoms with van der Waals surface area (Å²) in [6.07, 6.45) is 1.81. The topological polar surface area (TPSA) is 47.0 Å². The van der Waals surface area contributed by atoms with Crippen LogP contribution >= 0.6 is 0 Å². The van der Waals surface area contributed by atoms with E-state index in [9.17, 15) is 0 Å². The fourth-order valence-electron chi connectivity index (χ4n) is 1.99. The Morgan fingerprint density at radius 1 is 1.17 bits per heavy atom. The van der Waals surface area contributed by atoms with E-state index >= 15 is 0 Å². The molecular weight excluding hydrogens is 226 g/mol. The summed E-state index contributed by atoms with van der Waals surface area (Å²) in [6, 6.07) is 0. The molecule has 0 radical (unpaired) electrons. The Bertz CT molecular complexity index is 380. The molecule has 0 saturated heterocycles. The molecule has 0 bridgehead atoms. The molecule has 4 heteroatoms. The van der Waals surface area contributed by atoms with Crippen molar-refractivity contribution in [1.29, 1.82) is 0 Å². The number of ether oxygens (including phenoxy) is 1. The van der Waals surface area contributed by atoms with Crippen LogP contribution in [0.1, 0.15) is 57.3 Å². The van der Waals surface area contributed by atoms with Gasteiger partial charge in [-0.25, -0.2) is 9.97 Å². The van der Waals surface area contributed by atoms with Crippen LogP contribution in [0.25, 0.3) is 0 Å². The van der Waals surface area contributed by atoms with Crippen LogP contribution in [-0.2, 0) is 11.2 Å². The lowest BCUT2D eigenvalue weighted by atomic mass is 10.1. The number of anilines is 1. The molecule has 1 aromatic heterocycles. The first-order valence-corrected chi connectivity index (χ1v) is 6.90. The third-order valence-corrected chi connectivity index (χ3v) is 2.97. The van der Waals surface area contributed by atoms with E-state index in [1.165, 1.54) is 0 Å². The minimum atomic E-state index is -0.00157. The number of hydrogen-bond acceptors (Lipinski definition) is 4. The van der Waals surface area contributed by atoms with Gasteiger partial charge in [-0.1, -0.05) is 13.8 Å². The fraction of sp³-hybridized carbons (Fsp3) is 0.714. The van der Waals surface area contributed by atoms with Gasteiger partial charge < -0.3 is 10.1 Å². The second kappa shape index (κ2) is 7.31. The van der Waals surface area contributed by atoms with E-state index in [4.69, 9.17) is 4.74 Å². The molecule has 102 valence electrons. The van der Waals surface area contributed by atoms with Gasteiger partial charge in [0.1, 0.15) is 11.9 Å². The Kier molecular flexibility index (Phi) is 6.05. The molecule has 0 fully saturated rings. The largest absolute Gasteiger partial charge is 0.371 e. The molecule has 1 N–H and O–H groups in total. The van der Waals surface area contributed by atoms with Gasteiger partial charge in [0.25, 0.3) is 0 Å². The molecule has 1 unspecified atom stereocenters. The van der Waals surface area contributed by atoms with Crippen LogP contribution in [0.2, 0.25) is 0 Å². The molecule has 1 heterocycles. The lowest BCUT2D eigenvalue weighted by Gasteiger charge is -2.17. The molecule has 1 atom stereocenters. The van der Waals surface area contributed by atoms with Crippen LogP contribution in [-0.4, -0.2) is 23.1 Å². The predicted molar refractivity (Wildman–Crippen MR) is 75.0 cm³/mol. The van der Waals surface area contributed by atoms with Gasteiger partial charge >= 0.3 is 0 Å². The summed E-state index contributed by atoms with van der Waals surface area (Å²) >= 11 is 0. The van der Waals surface area contributed by atoms with Crippen LogP contribution in [0.5, 0.6) is 0 Å². The average Bonchev–Trinajstić information content (AvgIpc) is 2.38. The monoisotopic (exact) mass is 251 g/mol. The van der Waals surface area contributed by atoms with E-state index in [1.807, 2.05) is 6.92 Å². The Morgan fingerprint density at radius 2 is 1.89 bits per heavy atom. The molecule has 1 aromatic rings. The smallest absolute Gasteiger partial charge is 0.159 e. The number of nitrogens with zero attached hydrogens (tertiary/aromatic N) is 2. The van der Waals surface area contributed by atoms with Gasteiger partial charge in [-0.3, -0.25) is 0 Å². The van der Waals surface area contributed by atoms with Crippen molar-refractivity contribution >= 4 is 5.82 Å². The van der Waals surface area contributed by atoms with E-state index in [0.29, 0.717) is 6.61 Å². The van der Waals surface area contributed by atoms with E-state index in [-0.39, 0.29) is 6.10 Å². The Balaban J connectivity index is 3.14. The summed E-state index contributed by atoms with van der Waals surface area (Å²) in [5.41, 5.74) is 2.25. The zero-order valence-electron chi connectivity index (χ0n) is 12.2. The SMILES string of the molecule is CCNc1nc(C(CC)OCC)nc(CC)c1C. The van der Waals surface area contributed by atoms with Crippen molar-refractivity contribution in [2.75, 3.05) is 18.5 Å². The first-order chi connectivity index (χ1) is 8.67. The highest BCUT2D eigenvalue weighted by molar-refractivity contribution is 5.45. The summed E-state index contributed by atoms with van der Waals surface area (Å²) in [7, 11) is 0. The maximum Gasteiger partial charge on any atom is 0.159 e. The van der Waals surface area contributed by atoms with Crippen molar-refractivity contribution in [3.8, 4) is 0 Å². The molecular formula is C14H25N3O. The van der Waals surface area contributed by atoms with E-state index < -0.39 is 0 Å². The van der Waals surface area contributed by atoms with Gasteiger partial charge in [-0.15, -0.1) is 0 Å². The number of aryl methyl sites for hydroxylation is 1. The molecule has 18 heavy (non-hydrogen) atoms. The third-order valence-electron chi connectivity index (χ3n) is 2.97. The normalized spacial score (nSPS) is 12.5. The number of hydrogen-bond donors (Lipinski definition) is 1.